The lowest BCUT2D eigenvalue weighted by Gasteiger charge is -1.96. The first-order valence-corrected chi connectivity index (χ1v) is 3.15. The van der Waals surface area contributed by atoms with Crippen LogP contribution in [0.3, 0.4) is 0 Å². The second-order valence-corrected chi connectivity index (χ2v) is 2.07. The molecule has 0 aromatic carbocycles. The van der Waals surface area contributed by atoms with Crippen LogP contribution in [0.1, 0.15) is 5.56 Å². The molecule has 0 radical (unpaired) electrons. The van der Waals surface area contributed by atoms with Gasteiger partial charge in [-0.25, -0.2) is 5.48 Å². The molecule has 0 spiro atoms. The van der Waals surface area contributed by atoms with Crippen molar-refractivity contribution in [1.29, 1.82) is 0 Å². The Balaban J connectivity index is 2.58. The third-order valence-corrected chi connectivity index (χ3v) is 1.24. The highest BCUT2D eigenvalue weighted by molar-refractivity contribution is 5.77. The molecule has 0 saturated heterocycles. The topological polar surface area (TPSA) is 62.2 Å². The van der Waals surface area contributed by atoms with E-state index < -0.39 is 5.91 Å². The Labute approximate surface area is 63.8 Å². The van der Waals surface area contributed by atoms with Gasteiger partial charge in [-0.2, -0.15) is 0 Å². The number of rotatable bonds is 2. The van der Waals surface area contributed by atoms with E-state index in [9.17, 15) is 4.79 Å². The van der Waals surface area contributed by atoms with E-state index in [0.717, 1.165) is 5.56 Å². The van der Waals surface area contributed by atoms with Crippen molar-refractivity contribution >= 4 is 5.91 Å². The van der Waals surface area contributed by atoms with Crippen LogP contribution >= 0.6 is 0 Å². The lowest BCUT2D eigenvalue weighted by Crippen LogP contribution is -2.20. The van der Waals surface area contributed by atoms with Crippen molar-refractivity contribution in [3.8, 4) is 0 Å². The van der Waals surface area contributed by atoms with Crippen LogP contribution in [0.4, 0.5) is 0 Å². The fraction of sp³-hybridized carbons (Fsp3) is 0.143. The summed E-state index contributed by atoms with van der Waals surface area (Å²) in [6.07, 6.45) is 3.37. The van der Waals surface area contributed by atoms with Gasteiger partial charge in [0.1, 0.15) is 0 Å². The smallest absolute Gasteiger partial charge is 0.247 e. The van der Waals surface area contributed by atoms with Gasteiger partial charge >= 0.3 is 0 Å². The van der Waals surface area contributed by atoms with Crippen LogP contribution in [0.2, 0.25) is 0 Å². The second-order valence-electron chi connectivity index (χ2n) is 2.07. The Bertz CT molecular complexity index is 235. The summed E-state index contributed by atoms with van der Waals surface area (Å²) in [5, 5.41) is 8.18. The molecule has 0 bridgehead atoms. The number of carbonyl (C=O) groups is 1. The van der Waals surface area contributed by atoms with E-state index in [1.165, 1.54) is 0 Å². The van der Waals surface area contributed by atoms with Gasteiger partial charge in [-0.3, -0.25) is 15.0 Å². The van der Waals surface area contributed by atoms with Crippen molar-refractivity contribution in [1.82, 2.24) is 10.5 Å². The number of aromatic nitrogens is 1. The summed E-state index contributed by atoms with van der Waals surface area (Å²) in [7, 11) is 0. The molecule has 4 nitrogen and oxygen atoms in total. The van der Waals surface area contributed by atoms with Crippen LogP contribution < -0.4 is 5.48 Å². The third kappa shape index (κ3) is 2.35. The van der Waals surface area contributed by atoms with Crippen LogP contribution in [-0.4, -0.2) is 16.1 Å². The summed E-state index contributed by atoms with van der Waals surface area (Å²) < 4.78 is 0. The van der Waals surface area contributed by atoms with Crippen LogP contribution in [-0.2, 0) is 11.2 Å². The van der Waals surface area contributed by atoms with Gasteiger partial charge in [-0.1, -0.05) is 0 Å². The van der Waals surface area contributed by atoms with E-state index >= 15 is 0 Å². The normalized spacial score (nSPS) is 9.18. The largest absolute Gasteiger partial charge is 0.289 e. The van der Waals surface area contributed by atoms with E-state index in [0.29, 0.717) is 0 Å². The summed E-state index contributed by atoms with van der Waals surface area (Å²) in [6.45, 7) is 0. The van der Waals surface area contributed by atoms with Gasteiger partial charge in [0.2, 0.25) is 5.91 Å². The SMILES string of the molecule is O=C(Cc1ccncc1)NO. The zero-order chi connectivity index (χ0) is 8.10. The summed E-state index contributed by atoms with van der Waals surface area (Å²) in [5.74, 6) is -0.420. The number of nitrogens with zero attached hydrogens (tertiary/aromatic N) is 1. The van der Waals surface area contributed by atoms with Crippen LogP contribution in [0.5, 0.6) is 0 Å². The minimum Gasteiger partial charge on any atom is -0.289 e. The quantitative estimate of drug-likeness (QED) is 0.467. The molecule has 2 N–H and O–H groups in total. The third-order valence-electron chi connectivity index (χ3n) is 1.24. The number of hydrogen-bond donors (Lipinski definition) is 2. The molecular formula is C7H8N2O2. The lowest BCUT2D eigenvalue weighted by atomic mass is 10.2. The molecule has 4 heteroatoms. The molecular weight excluding hydrogens is 144 g/mol. The molecule has 1 rings (SSSR count). The average molecular weight is 152 g/mol. The molecule has 1 aromatic rings. The zero-order valence-electron chi connectivity index (χ0n) is 5.82. The van der Waals surface area contributed by atoms with E-state index in [2.05, 4.69) is 4.98 Å². The Hall–Kier alpha value is -1.42. The molecule has 0 aliphatic carbocycles. The molecule has 0 aliphatic heterocycles. The van der Waals surface area contributed by atoms with E-state index in [1.54, 1.807) is 30.0 Å². The maximum Gasteiger partial charge on any atom is 0.247 e. The van der Waals surface area contributed by atoms with Crippen LogP contribution in [0, 0.1) is 0 Å². The molecule has 1 amide bonds. The van der Waals surface area contributed by atoms with Crippen molar-refractivity contribution in [2.24, 2.45) is 0 Å². The van der Waals surface area contributed by atoms with E-state index in [4.69, 9.17) is 5.21 Å². The Morgan fingerprint density at radius 2 is 2.18 bits per heavy atom. The average Bonchev–Trinajstić information content (AvgIpc) is 2.06. The van der Waals surface area contributed by atoms with Gasteiger partial charge in [0.25, 0.3) is 0 Å². The highest BCUT2D eigenvalue weighted by Gasteiger charge is 1.99. The van der Waals surface area contributed by atoms with E-state index in [1.807, 2.05) is 0 Å². The van der Waals surface area contributed by atoms with E-state index in [-0.39, 0.29) is 6.42 Å². The predicted octanol–water partition coefficient (Wildman–Crippen LogP) is 0.129. The first-order chi connectivity index (χ1) is 5.33. The van der Waals surface area contributed by atoms with Crippen LogP contribution in [0.25, 0.3) is 0 Å². The van der Waals surface area contributed by atoms with Gasteiger partial charge in [0.15, 0.2) is 0 Å². The highest BCUT2D eigenvalue weighted by Crippen LogP contribution is 1.96. The number of carbonyl (C=O) groups excluding carboxylic acids is 1. The fourth-order valence-corrected chi connectivity index (χ4v) is 0.726. The molecule has 11 heavy (non-hydrogen) atoms. The number of hydroxylamine groups is 1. The molecule has 0 unspecified atom stereocenters. The lowest BCUT2D eigenvalue weighted by molar-refractivity contribution is -0.128. The molecule has 0 aliphatic rings. The van der Waals surface area contributed by atoms with Gasteiger partial charge in [0, 0.05) is 12.4 Å². The summed E-state index contributed by atoms with van der Waals surface area (Å²) in [4.78, 5) is 14.4. The molecule has 0 atom stereocenters. The molecule has 0 saturated carbocycles. The summed E-state index contributed by atoms with van der Waals surface area (Å²) in [5.41, 5.74) is 2.38. The predicted molar refractivity (Wildman–Crippen MR) is 37.9 cm³/mol. The summed E-state index contributed by atoms with van der Waals surface area (Å²) >= 11 is 0. The van der Waals surface area contributed by atoms with Gasteiger partial charge < -0.3 is 0 Å². The van der Waals surface area contributed by atoms with Crippen molar-refractivity contribution in [2.75, 3.05) is 0 Å². The molecule has 1 heterocycles. The molecule has 0 fully saturated rings. The second kappa shape index (κ2) is 3.68. The first-order valence-electron chi connectivity index (χ1n) is 3.15. The number of nitrogens with one attached hydrogen (secondary N) is 1. The standard InChI is InChI=1S/C7H8N2O2/c10-7(9-11)5-6-1-3-8-4-2-6/h1-4,11H,5H2,(H,9,10). The van der Waals surface area contributed by atoms with Crippen molar-refractivity contribution in [2.45, 2.75) is 6.42 Å². The number of pyridine rings is 1. The fourth-order valence-electron chi connectivity index (χ4n) is 0.726. The molecule has 1 aromatic heterocycles. The number of amides is 1. The Morgan fingerprint density at radius 1 is 1.55 bits per heavy atom. The Kier molecular flexibility index (Phi) is 2.57. The number of hydrogen-bond acceptors (Lipinski definition) is 3. The van der Waals surface area contributed by atoms with Gasteiger partial charge in [0.05, 0.1) is 6.42 Å². The maximum atomic E-state index is 10.6. The van der Waals surface area contributed by atoms with Crippen molar-refractivity contribution in [3.05, 3.63) is 30.1 Å². The monoisotopic (exact) mass is 152 g/mol. The summed E-state index contributed by atoms with van der Waals surface area (Å²) in [6, 6.07) is 3.44. The van der Waals surface area contributed by atoms with Crippen molar-refractivity contribution in [3.63, 3.8) is 0 Å². The van der Waals surface area contributed by atoms with Gasteiger partial charge in [-0.05, 0) is 17.7 Å². The Morgan fingerprint density at radius 3 is 2.73 bits per heavy atom. The highest BCUT2D eigenvalue weighted by atomic mass is 16.5. The van der Waals surface area contributed by atoms with Crippen molar-refractivity contribution < 1.29 is 10.0 Å². The minimum atomic E-state index is -0.420. The first kappa shape index (κ1) is 7.68. The zero-order valence-corrected chi connectivity index (χ0v) is 5.82. The van der Waals surface area contributed by atoms with Gasteiger partial charge in [-0.15, -0.1) is 0 Å². The molecule has 58 valence electrons. The van der Waals surface area contributed by atoms with Crippen LogP contribution in [0.15, 0.2) is 24.5 Å². The minimum absolute atomic E-state index is 0.180. The maximum absolute atomic E-state index is 10.6.